The number of allylic oxidation sites excluding steroid dienone is 2. The second-order valence-electron chi connectivity index (χ2n) is 13.2. The van der Waals surface area contributed by atoms with Crippen molar-refractivity contribution in [1.82, 2.24) is 0 Å². The first-order valence-corrected chi connectivity index (χ1v) is 14.0. The van der Waals surface area contributed by atoms with Crippen LogP contribution in [-0.4, -0.2) is 31.1 Å². The highest BCUT2D eigenvalue weighted by atomic mass is 16.5. The standard InChI is InChI=1S/C31H48O4/c1-21(18-32)8-7-9-22(2)24-12-14-29(5)26-11-10-25(23(3)19-33)30(15-13-27(34)35-6)20-31(26,30)17-16-28(24,29)4/h8,18,22,24-26,33H,3,7,9-17,19-20H2,1-2,4-6H3/b21-8+/t22-,24-,25+,26+,28-,29+,30-,31+/m1/s1. The number of rotatable bonds is 10. The van der Waals surface area contributed by atoms with E-state index in [1.54, 1.807) is 0 Å². The first-order chi connectivity index (χ1) is 16.5. The van der Waals surface area contributed by atoms with Crippen LogP contribution in [0.1, 0.15) is 98.3 Å². The molecule has 4 saturated carbocycles. The molecule has 0 aromatic heterocycles. The lowest BCUT2D eigenvalue weighted by molar-refractivity contribution is -0.142. The zero-order chi connectivity index (χ0) is 25.6. The van der Waals surface area contributed by atoms with Crippen LogP contribution in [0.3, 0.4) is 0 Å². The molecule has 4 fully saturated rings. The number of fused-ring (bicyclic) bond motifs is 2. The topological polar surface area (TPSA) is 63.6 Å². The monoisotopic (exact) mass is 484 g/mol. The SMILES string of the molecule is C=C(CO)[C@@H]1CC[C@@H]2[C@]3(CC[C@]4(C)[C@@H]([C@H](C)CC/C=C(\C)C=O)CC[C@@]24C)C[C@]13CCC(=O)OC. The van der Waals surface area contributed by atoms with Gasteiger partial charge in [0.2, 0.25) is 0 Å². The predicted octanol–water partition coefficient (Wildman–Crippen LogP) is 6.67. The summed E-state index contributed by atoms with van der Waals surface area (Å²) in [7, 11) is 1.49. The molecule has 0 heterocycles. The Morgan fingerprint density at radius 3 is 2.57 bits per heavy atom. The normalized spacial score (nSPS) is 42.9. The fourth-order valence-corrected chi connectivity index (χ4v) is 10.2. The van der Waals surface area contributed by atoms with Gasteiger partial charge in [-0.15, -0.1) is 0 Å². The minimum absolute atomic E-state index is 0.0536. The first kappa shape index (κ1) is 26.6. The summed E-state index contributed by atoms with van der Waals surface area (Å²) in [5.41, 5.74) is 2.87. The van der Waals surface area contributed by atoms with Gasteiger partial charge in [0.25, 0.3) is 0 Å². The molecular formula is C31H48O4. The molecule has 0 unspecified atom stereocenters. The number of hydrogen-bond acceptors (Lipinski definition) is 4. The van der Waals surface area contributed by atoms with E-state index < -0.39 is 0 Å². The quantitative estimate of drug-likeness (QED) is 0.163. The molecule has 0 radical (unpaired) electrons. The fourth-order valence-electron chi connectivity index (χ4n) is 10.2. The fraction of sp³-hybridized carbons (Fsp3) is 0.806. The Bertz CT molecular complexity index is 890. The van der Waals surface area contributed by atoms with Crippen molar-refractivity contribution in [1.29, 1.82) is 0 Å². The van der Waals surface area contributed by atoms with Crippen molar-refractivity contribution in [3.8, 4) is 0 Å². The van der Waals surface area contributed by atoms with E-state index in [1.807, 2.05) is 6.92 Å². The van der Waals surface area contributed by atoms with E-state index in [-0.39, 0.29) is 23.4 Å². The molecule has 0 aliphatic heterocycles. The predicted molar refractivity (Wildman–Crippen MR) is 140 cm³/mol. The third kappa shape index (κ3) is 3.88. The molecule has 8 atom stereocenters. The van der Waals surface area contributed by atoms with Crippen LogP contribution in [0, 0.1) is 45.3 Å². The lowest BCUT2D eigenvalue weighted by atomic mass is 9.43. The molecule has 1 N–H and O–H groups in total. The molecule has 1 spiro atoms. The molecule has 4 aliphatic rings. The van der Waals surface area contributed by atoms with Crippen LogP contribution >= 0.6 is 0 Å². The van der Waals surface area contributed by atoms with Gasteiger partial charge in [0, 0.05) is 6.42 Å². The van der Waals surface area contributed by atoms with Crippen LogP contribution in [0.25, 0.3) is 0 Å². The largest absolute Gasteiger partial charge is 0.469 e. The van der Waals surface area contributed by atoms with Gasteiger partial charge in [-0.1, -0.05) is 33.4 Å². The van der Waals surface area contributed by atoms with E-state index >= 15 is 0 Å². The molecule has 0 saturated heterocycles. The molecule has 4 nitrogen and oxygen atoms in total. The maximum Gasteiger partial charge on any atom is 0.305 e. The van der Waals surface area contributed by atoms with Gasteiger partial charge >= 0.3 is 5.97 Å². The van der Waals surface area contributed by atoms with Gasteiger partial charge in [-0.25, -0.2) is 0 Å². The summed E-state index contributed by atoms with van der Waals surface area (Å²) in [5.74, 6) is 2.27. The molecule has 4 aliphatic carbocycles. The van der Waals surface area contributed by atoms with Crippen molar-refractivity contribution >= 4 is 12.3 Å². The maximum absolute atomic E-state index is 12.2. The molecule has 0 bridgehead atoms. The third-order valence-corrected chi connectivity index (χ3v) is 12.2. The van der Waals surface area contributed by atoms with Crippen molar-refractivity contribution < 1.29 is 19.4 Å². The van der Waals surface area contributed by atoms with Gasteiger partial charge in [-0.3, -0.25) is 9.59 Å². The lowest BCUT2D eigenvalue weighted by Crippen LogP contribution is -2.54. The number of methoxy groups -OCH3 is 1. The van der Waals surface area contributed by atoms with E-state index in [0.717, 1.165) is 49.0 Å². The summed E-state index contributed by atoms with van der Waals surface area (Å²) in [5, 5.41) is 10.00. The summed E-state index contributed by atoms with van der Waals surface area (Å²) in [4.78, 5) is 23.1. The Hall–Kier alpha value is -1.42. The zero-order valence-electron chi connectivity index (χ0n) is 22.8. The third-order valence-electron chi connectivity index (χ3n) is 12.2. The second-order valence-corrected chi connectivity index (χ2v) is 13.2. The molecule has 0 aromatic carbocycles. The number of carbonyl (C=O) groups excluding carboxylic acids is 2. The number of aldehydes is 1. The number of ether oxygens (including phenoxy) is 1. The Balaban J connectivity index is 1.58. The average molecular weight is 485 g/mol. The van der Waals surface area contributed by atoms with Crippen molar-refractivity contribution in [2.75, 3.05) is 13.7 Å². The highest BCUT2D eigenvalue weighted by Crippen LogP contribution is 2.87. The molecule has 4 heteroatoms. The van der Waals surface area contributed by atoms with Crippen molar-refractivity contribution in [3.63, 3.8) is 0 Å². The summed E-state index contributed by atoms with van der Waals surface area (Å²) < 4.78 is 5.03. The van der Waals surface area contributed by atoms with Gasteiger partial charge in [0.05, 0.1) is 13.7 Å². The molecular weight excluding hydrogens is 436 g/mol. The number of aliphatic hydroxyl groups excluding tert-OH is 1. The summed E-state index contributed by atoms with van der Waals surface area (Å²) in [6.45, 7) is 13.9. The number of aliphatic hydroxyl groups is 1. The van der Waals surface area contributed by atoms with Gasteiger partial charge in [0.1, 0.15) is 6.29 Å². The molecule has 196 valence electrons. The number of esters is 1. The second kappa shape index (κ2) is 9.47. The molecule has 0 aromatic rings. The van der Waals surface area contributed by atoms with Gasteiger partial charge in [-0.05, 0) is 128 Å². The average Bonchev–Trinajstić information content (AvgIpc) is 3.44. The maximum atomic E-state index is 12.2. The van der Waals surface area contributed by atoms with Crippen molar-refractivity contribution in [2.45, 2.75) is 98.3 Å². The smallest absolute Gasteiger partial charge is 0.305 e. The Morgan fingerprint density at radius 1 is 1.17 bits per heavy atom. The van der Waals surface area contributed by atoms with Gasteiger partial charge in [0.15, 0.2) is 0 Å². The van der Waals surface area contributed by atoms with Crippen molar-refractivity contribution in [2.24, 2.45) is 45.3 Å². The highest BCUT2D eigenvalue weighted by Gasteiger charge is 2.80. The van der Waals surface area contributed by atoms with Crippen LogP contribution in [0.5, 0.6) is 0 Å². The number of carbonyl (C=O) groups is 2. The van der Waals surface area contributed by atoms with Crippen LogP contribution < -0.4 is 0 Å². The molecule has 35 heavy (non-hydrogen) atoms. The Kier molecular flexibility index (Phi) is 7.21. The lowest BCUT2D eigenvalue weighted by Gasteiger charge is -2.61. The minimum atomic E-state index is -0.114. The number of hydrogen-bond donors (Lipinski definition) is 1. The van der Waals surface area contributed by atoms with E-state index in [1.165, 1.54) is 45.6 Å². The summed E-state index contributed by atoms with van der Waals surface area (Å²) >= 11 is 0. The highest BCUT2D eigenvalue weighted by molar-refractivity contribution is 5.71. The van der Waals surface area contributed by atoms with E-state index in [2.05, 4.69) is 33.4 Å². The zero-order valence-corrected chi connectivity index (χ0v) is 22.8. The van der Waals surface area contributed by atoms with Gasteiger partial charge in [-0.2, -0.15) is 0 Å². The van der Waals surface area contributed by atoms with Gasteiger partial charge < -0.3 is 9.84 Å². The molecule has 4 rings (SSSR count). The Morgan fingerprint density at radius 2 is 1.91 bits per heavy atom. The van der Waals surface area contributed by atoms with Crippen molar-refractivity contribution in [3.05, 3.63) is 23.8 Å². The Labute approximate surface area is 213 Å². The van der Waals surface area contributed by atoms with E-state index in [0.29, 0.717) is 35.0 Å². The van der Waals surface area contributed by atoms with E-state index in [4.69, 9.17) is 4.74 Å². The summed E-state index contributed by atoms with van der Waals surface area (Å²) in [6.07, 6.45) is 15.2. The summed E-state index contributed by atoms with van der Waals surface area (Å²) in [6, 6.07) is 0. The van der Waals surface area contributed by atoms with Crippen LogP contribution in [0.4, 0.5) is 0 Å². The molecule has 0 amide bonds. The minimum Gasteiger partial charge on any atom is -0.469 e. The van der Waals surface area contributed by atoms with Crippen LogP contribution in [0.2, 0.25) is 0 Å². The van der Waals surface area contributed by atoms with Crippen LogP contribution in [-0.2, 0) is 14.3 Å². The van der Waals surface area contributed by atoms with E-state index in [9.17, 15) is 14.7 Å². The van der Waals surface area contributed by atoms with Crippen LogP contribution in [0.15, 0.2) is 23.8 Å². The first-order valence-electron chi connectivity index (χ1n) is 14.0.